The third-order valence-corrected chi connectivity index (χ3v) is 2.57. The molecule has 0 aliphatic rings. The first-order chi connectivity index (χ1) is 8.24. The topological polar surface area (TPSA) is 49.4 Å². The van der Waals surface area contributed by atoms with Crippen LogP contribution in [0.5, 0.6) is 0 Å². The first-order valence-electron chi connectivity index (χ1n) is 6.20. The van der Waals surface area contributed by atoms with Crippen LogP contribution in [0.3, 0.4) is 0 Å². The lowest BCUT2D eigenvalue weighted by Gasteiger charge is -2.11. The van der Waals surface area contributed by atoms with Crippen LogP contribution in [0.15, 0.2) is 18.3 Å². The number of rotatable bonds is 9. The molecule has 0 spiro atoms. The molecule has 1 heterocycles. The molecule has 98 valence electrons. The molecule has 1 aromatic rings. The molecular weight excluding hydrogens is 216 g/mol. The molecule has 0 aromatic carbocycles. The highest BCUT2D eigenvalue weighted by molar-refractivity contribution is 5.08. The number of methoxy groups -OCH3 is 1. The fraction of sp³-hybridized carbons (Fsp3) is 0.692. The van der Waals surface area contributed by atoms with Gasteiger partial charge in [0.15, 0.2) is 0 Å². The first-order valence-corrected chi connectivity index (χ1v) is 6.20. The molecule has 17 heavy (non-hydrogen) atoms. The van der Waals surface area contributed by atoms with Crippen molar-refractivity contribution < 1.29 is 9.47 Å². The number of ether oxygens (including phenoxy) is 2. The molecule has 0 aliphatic heterocycles. The largest absolute Gasteiger partial charge is 0.385 e. The van der Waals surface area contributed by atoms with Gasteiger partial charge in [0.25, 0.3) is 0 Å². The summed E-state index contributed by atoms with van der Waals surface area (Å²) < 4.78 is 12.7. The van der Waals surface area contributed by atoms with E-state index >= 15 is 0 Å². The van der Waals surface area contributed by atoms with Crippen molar-refractivity contribution in [2.75, 3.05) is 26.9 Å². The second kappa shape index (κ2) is 8.28. The monoisotopic (exact) mass is 240 g/mol. The van der Waals surface area contributed by atoms with Gasteiger partial charge in [-0.15, -0.1) is 0 Å². The van der Waals surface area contributed by atoms with Crippen LogP contribution < -0.4 is 5.73 Å². The molecule has 0 saturated heterocycles. The second-order valence-corrected chi connectivity index (χ2v) is 4.33. The predicted molar refractivity (Wildman–Crippen MR) is 69.1 cm³/mol. The van der Waals surface area contributed by atoms with E-state index in [0.29, 0.717) is 0 Å². The molecule has 0 fully saturated rings. The Morgan fingerprint density at radius 3 is 2.88 bits per heavy atom. The summed E-state index contributed by atoms with van der Waals surface area (Å²) >= 11 is 0. The zero-order valence-corrected chi connectivity index (χ0v) is 10.9. The number of aromatic nitrogens is 1. The van der Waals surface area contributed by atoms with E-state index in [1.807, 2.05) is 6.92 Å². The van der Waals surface area contributed by atoms with E-state index in [-0.39, 0.29) is 6.04 Å². The first kappa shape index (κ1) is 14.2. The van der Waals surface area contributed by atoms with E-state index in [4.69, 9.17) is 15.2 Å². The molecular formula is C13H24N2O2. The molecule has 0 saturated carbocycles. The van der Waals surface area contributed by atoms with Gasteiger partial charge in [-0.05, 0) is 25.5 Å². The van der Waals surface area contributed by atoms with E-state index in [1.165, 1.54) is 5.69 Å². The van der Waals surface area contributed by atoms with Gasteiger partial charge in [-0.25, -0.2) is 0 Å². The Balaban J connectivity index is 2.20. The minimum absolute atomic E-state index is 0.200. The molecule has 0 aliphatic carbocycles. The van der Waals surface area contributed by atoms with Crippen molar-refractivity contribution in [1.29, 1.82) is 0 Å². The highest BCUT2D eigenvalue weighted by atomic mass is 16.5. The molecule has 1 atom stereocenters. The second-order valence-electron chi connectivity index (χ2n) is 4.33. The minimum atomic E-state index is 0.200. The van der Waals surface area contributed by atoms with E-state index < -0.39 is 0 Å². The average molecular weight is 240 g/mol. The Bertz CT molecular complexity index is 297. The van der Waals surface area contributed by atoms with Gasteiger partial charge in [0, 0.05) is 51.2 Å². The fourth-order valence-electron chi connectivity index (χ4n) is 1.75. The summed E-state index contributed by atoms with van der Waals surface area (Å²) in [5.41, 5.74) is 7.08. The maximum atomic E-state index is 5.80. The highest BCUT2D eigenvalue weighted by Crippen LogP contribution is 2.05. The Morgan fingerprint density at radius 1 is 1.35 bits per heavy atom. The zero-order valence-electron chi connectivity index (χ0n) is 10.9. The molecule has 0 bridgehead atoms. The van der Waals surface area contributed by atoms with Crippen molar-refractivity contribution in [3.63, 3.8) is 0 Å². The van der Waals surface area contributed by atoms with Crippen LogP contribution in [-0.4, -0.2) is 37.5 Å². The summed E-state index contributed by atoms with van der Waals surface area (Å²) in [6.45, 7) is 5.18. The van der Waals surface area contributed by atoms with Gasteiger partial charge in [-0.1, -0.05) is 0 Å². The minimum Gasteiger partial charge on any atom is -0.385 e. The van der Waals surface area contributed by atoms with Crippen LogP contribution in [0.4, 0.5) is 0 Å². The van der Waals surface area contributed by atoms with Crippen molar-refractivity contribution in [3.8, 4) is 0 Å². The molecule has 1 rings (SSSR count). The molecule has 0 amide bonds. The Hall–Kier alpha value is -0.840. The third-order valence-electron chi connectivity index (χ3n) is 2.57. The van der Waals surface area contributed by atoms with Crippen molar-refractivity contribution in [3.05, 3.63) is 24.0 Å². The lowest BCUT2D eigenvalue weighted by atomic mass is 10.2. The van der Waals surface area contributed by atoms with Crippen molar-refractivity contribution in [2.24, 2.45) is 5.73 Å². The van der Waals surface area contributed by atoms with Crippen molar-refractivity contribution in [1.82, 2.24) is 4.57 Å². The SMILES string of the molecule is COCCCOCCn1cccc1CC(C)N. The number of hydrogen-bond acceptors (Lipinski definition) is 3. The van der Waals surface area contributed by atoms with Gasteiger partial charge in [-0.3, -0.25) is 0 Å². The van der Waals surface area contributed by atoms with Gasteiger partial charge < -0.3 is 19.8 Å². The van der Waals surface area contributed by atoms with Gasteiger partial charge in [0.2, 0.25) is 0 Å². The summed E-state index contributed by atoms with van der Waals surface area (Å²) in [5.74, 6) is 0. The normalized spacial score (nSPS) is 12.9. The lowest BCUT2D eigenvalue weighted by molar-refractivity contribution is 0.0973. The van der Waals surface area contributed by atoms with Crippen LogP contribution >= 0.6 is 0 Å². The van der Waals surface area contributed by atoms with Gasteiger partial charge in [0.1, 0.15) is 0 Å². The maximum absolute atomic E-state index is 5.80. The molecule has 2 N–H and O–H groups in total. The van der Waals surface area contributed by atoms with Crippen molar-refractivity contribution in [2.45, 2.75) is 32.4 Å². The smallest absolute Gasteiger partial charge is 0.0645 e. The highest BCUT2D eigenvalue weighted by Gasteiger charge is 2.03. The Morgan fingerprint density at radius 2 is 2.18 bits per heavy atom. The van der Waals surface area contributed by atoms with E-state index in [0.717, 1.165) is 39.2 Å². The summed E-state index contributed by atoms with van der Waals surface area (Å²) in [5, 5.41) is 0. The van der Waals surface area contributed by atoms with E-state index in [2.05, 4.69) is 22.9 Å². The number of nitrogens with zero attached hydrogens (tertiary/aromatic N) is 1. The van der Waals surface area contributed by atoms with Crippen LogP contribution in [-0.2, 0) is 22.4 Å². The van der Waals surface area contributed by atoms with E-state index in [9.17, 15) is 0 Å². The summed E-state index contributed by atoms with van der Waals surface area (Å²) in [6.07, 6.45) is 3.95. The molecule has 4 nitrogen and oxygen atoms in total. The summed E-state index contributed by atoms with van der Waals surface area (Å²) in [4.78, 5) is 0. The summed E-state index contributed by atoms with van der Waals surface area (Å²) in [7, 11) is 1.71. The zero-order chi connectivity index (χ0) is 12.5. The standard InChI is InChI=1S/C13H24N2O2/c1-12(14)11-13-5-3-6-15(13)7-10-17-9-4-8-16-2/h3,5-6,12H,4,7-11,14H2,1-2H3. The molecule has 4 heteroatoms. The van der Waals surface area contributed by atoms with E-state index in [1.54, 1.807) is 7.11 Å². The third kappa shape index (κ3) is 5.86. The van der Waals surface area contributed by atoms with Crippen LogP contribution in [0, 0.1) is 0 Å². The lowest BCUT2D eigenvalue weighted by Crippen LogP contribution is -2.20. The Labute approximate surface area is 104 Å². The summed E-state index contributed by atoms with van der Waals surface area (Å²) in [6, 6.07) is 4.38. The molecule has 1 unspecified atom stereocenters. The fourth-order valence-corrected chi connectivity index (χ4v) is 1.75. The van der Waals surface area contributed by atoms with Gasteiger partial charge in [0.05, 0.1) is 6.61 Å². The van der Waals surface area contributed by atoms with Crippen molar-refractivity contribution >= 4 is 0 Å². The van der Waals surface area contributed by atoms with Gasteiger partial charge >= 0.3 is 0 Å². The number of hydrogen-bond donors (Lipinski definition) is 1. The maximum Gasteiger partial charge on any atom is 0.0645 e. The van der Waals surface area contributed by atoms with Crippen LogP contribution in [0.2, 0.25) is 0 Å². The van der Waals surface area contributed by atoms with Crippen LogP contribution in [0.1, 0.15) is 19.0 Å². The Kier molecular flexibility index (Phi) is 6.93. The predicted octanol–water partition coefficient (Wildman–Crippen LogP) is 1.43. The quantitative estimate of drug-likeness (QED) is 0.664. The van der Waals surface area contributed by atoms with Crippen LogP contribution in [0.25, 0.3) is 0 Å². The molecule has 0 radical (unpaired) electrons. The molecule has 1 aromatic heterocycles. The average Bonchev–Trinajstić information content (AvgIpc) is 2.70. The number of nitrogens with two attached hydrogens (primary N) is 1. The van der Waals surface area contributed by atoms with Gasteiger partial charge in [-0.2, -0.15) is 0 Å².